The van der Waals surface area contributed by atoms with Crippen LogP contribution in [0.3, 0.4) is 0 Å². The molecule has 0 radical (unpaired) electrons. The molecule has 16 heavy (non-hydrogen) atoms. The summed E-state index contributed by atoms with van der Waals surface area (Å²) < 4.78 is 5.15. The Labute approximate surface area is 98.1 Å². The Balaban J connectivity index is 2.25. The topological polar surface area (TPSA) is 50.4 Å². The van der Waals surface area contributed by atoms with Crippen molar-refractivity contribution in [3.63, 3.8) is 0 Å². The van der Waals surface area contributed by atoms with E-state index in [0.29, 0.717) is 12.0 Å². The van der Waals surface area contributed by atoms with Gasteiger partial charge in [-0.05, 0) is 39.5 Å². The van der Waals surface area contributed by atoms with E-state index in [1.54, 1.807) is 0 Å². The quantitative estimate of drug-likeness (QED) is 0.714. The number of hydrogen-bond acceptors (Lipinski definition) is 3. The molecule has 1 fully saturated rings. The number of carbonyl (C=O) groups is 1. The predicted molar refractivity (Wildman–Crippen MR) is 63.9 cm³/mol. The molecular formula is C12H24N2O2. The first-order valence-electron chi connectivity index (χ1n) is 6.13. The van der Waals surface area contributed by atoms with E-state index < -0.39 is 11.7 Å². The molecule has 0 aromatic rings. The summed E-state index contributed by atoms with van der Waals surface area (Å²) in [7, 11) is 0. The van der Waals surface area contributed by atoms with Gasteiger partial charge in [0, 0.05) is 6.04 Å². The fourth-order valence-electron chi connectivity index (χ4n) is 1.99. The van der Waals surface area contributed by atoms with Crippen molar-refractivity contribution in [1.29, 1.82) is 0 Å². The van der Waals surface area contributed by atoms with E-state index in [1.807, 2.05) is 20.8 Å². The number of ether oxygens (including phenoxy) is 1. The lowest BCUT2D eigenvalue weighted by Crippen LogP contribution is -2.49. The second-order valence-corrected chi connectivity index (χ2v) is 5.64. The summed E-state index contributed by atoms with van der Waals surface area (Å²) in [6.45, 7) is 7.79. The number of carbonyl (C=O) groups excluding carboxylic acids is 1. The van der Waals surface area contributed by atoms with E-state index in [9.17, 15) is 4.79 Å². The van der Waals surface area contributed by atoms with Gasteiger partial charge in [-0.15, -0.1) is 0 Å². The van der Waals surface area contributed by atoms with E-state index in [4.69, 9.17) is 4.74 Å². The molecule has 0 heterocycles. The lowest BCUT2D eigenvalue weighted by Gasteiger charge is -2.30. The van der Waals surface area contributed by atoms with Crippen LogP contribution in [0.5, 0.6) is 0 Å². The van der Waals surface area contributed by atoms with Crippen LogP contribution < -0.4 is 10.9 Å². The molecule has 1 saturated carbocycles. The van der Waals surface area contributed by atoms with Gasteiger partial charge < -0.3 is 4.74 Å². The van der Waals surface area contributed by atoms with Crippen LogP contribution in [0.1, 0.15) is 53.4 Å². The molecule has 0 aromatic carbocycles. The summed E-state index contributed by atoms with van der Waals surface area (Å²) >= 11 is 0. The summed E-state index contributed by atoms with van der Waals surface area (Å²) in [5, 5.41) is 0. The van der Waals surface area contributed by atoms with E-state index in [0.717, 1.165) is 6.42 Å². The number of nitrogens with one attached hydrogen (secondary N) is 2. The maximum absolute atomic E-state index is 11.4. The Bertz CT molecular complexity index is 236. The van der Waals surface area contributed by atoms with E-state index >= 15 is 0 Å². The Morgan fingerprint density at radius 2 is 1.88 bits per heavy atom. The maximum Gasteiger partial charge on any atom is 0.422 e. The van der Waals surface area contributed by atoms with Crippen LogP contribution in [-0.4, -0.2) is 17.7 Å². The Morgan fingerprint density at radius 3 is 2.44 bits per heavy atom. The molecule has 4 nitrogen and oxygen atoms in total. The average molecular weight is 228 g/mol. The maximum atomic E-state index is 11.4. The molecule has 4 heteroatoms. The van der Waals surface area contributed by atoms with Crippen molar-refractivity contribution in [2.75, 3.05) is 0 Å². The van der Waals surface area contributed by atoms with Gasteiger partial charge in [-0.25, -0.2) is 10.2 Å². The Morgan fingerprint density at radius 1 is 1.25 bits per heavy atom. The summed E-state index contributed by atoms with van der Waals surface area (Å²) in [4.78, 5) is 11.4. The van der Waals surface area contributed by atoms with Gasteiger partial charge in [0.25, 0.3) is 0 Å². The second-order valence-electron chi connectivity index (χ2n) is 5.64. The van der Waals surface area contributed by atoms with Crippen molar-refractivity contribution in [1.82, 2.24) is 10.9 Å². The molecule has 0 unspecified atom stereocenters. The van der Waals surface area contributed by atoms with Gasteiger partial charge in [-0.1, -0.05) is 19.8 Å². The van der Waals surface area contributed by atoms with Gasteiger partial charge in [0.15, 0.2) is 0 Å². The highest BCUT2D eigenvalue weighted by Crippen LogP contribution is 2.23. The molecule has 0 aliphatic heterocycles. The first kappa shape index (κ1) is 13.3. The number of hydrazine groups is 1. The fraction of sp³-hybridized carbons (Fsp3) is 0.917. The van der Waals surface area contributed by atoms with Crippen LogP contribution in [0.25, 0.3) is 0 Å². The van der Waals surface area contributed by atoms with Crippen LogP contribution in [0.2, 0.25) is 0 Å². The van der Waals surface area contributed by atoms with Crippen LogP contribution >= 0.6 is 0 Å². The van der Waals surface area contributed by atoms with Gasteiger partial charge >= 0.3 is 6.09 Å². The van der Waals surface area contributed by atoms with Gasteiger partial charge in [-0.3, -0.25) is 5.43 Å². The van der Waals surface area contributed by atoms with Crippen molar-refractivity contribution >= 4 is 6.09 Å². The summed E-state index contributed by atoms with van der Waals surface area (Å²) in [5.41, 5.74) is 5.26. The fourth-order valence-corrected chi connectivity index (χ4v) is 1.99. The first-order valence-corrected chi connectivity index (χ1v) is 6.13. The third-order valence-electron chi connectivity index (χ3n) is 2.87. The van der Waals surface area contributed by atoms with E-state index in [1.165, 1.54) is 19.3 Å². The SMILES string of the molecule is C[C@H]1CCCC[C@@H]1NNC(=O)OC(C)(C)C. The smallest absolute Gasteiger partial charge is 0.422 e. The lowest BCUT2D eigenvalue weighted by atomic mass is 9.86. The average Bonchev–Trinajstić information content (AvgIpc) is 2.14. The number of hydrogen-bond donors (Lipinski definition) is 2. The zero-order chi connectivity index (χ0) is 12.2. The van der Waals surface area contributed by atoms with Gasteiger partial charge in [0.2, 0.25) is 0 Å². The van der Waals surface area contributed by atoms with Gasteiger partial charge in [0.05, 0.1) is 0 Å². The largest absolute Gasteiger partial charge is 0.443 e. The number of amides is 1. The summed E-state index contributed by atoms with van der Waals surface area (Å²) in [5.74, 6) is 0.615. The molecule has 0 bridgehead atoms. The first-order chi connectivity index (χ1) is 7.38. The Hall–Kier alpha value is -0.770. The van der Waals surface area contributed by atoms with Gasteiger partial charge in [0.1, 0.15) is 5.60 Å². The molecule has 0 spiro atoms. The minimum atomic E-state index is -0.441. The molecule has 2 N–H and O–H groups in total. The zero-order valence-corrected chi connectivity index (χ0v) is 10.8. The van der Waals surface area contributed by atoms with Crippen LogP contribution in [0.4, 0.5) is 4.79 Å². The summed E-state index contributed by atoms with van der Waals surface area (Å²) in [6, 6.07) is 0.376. The highest BCUT2D eigenvalue weighted by atomic mass is 16.6. The molecule has 1 aliphatic rings. The van der Waals surface area contributed by atoms with Crippen molar-refractivity contribution in [2.24, 2.45) is 5.92 Å². The third kappa shape index (κ3) is 4.84. The molecule has 1 rings (SSSR count). The predicted octanol–water partition coefficient (Wildman–Crippen LogP) is 2.59. The molecular weight excluding hydrogens is 204 g/mol. The van der Waals surface area contributed by atoms with Crippen molar-refractivity contribution < 1.29 is 9.53 Å². The minimum absolute atomic E-state index is 0.376. The zero-order valence-electron chi connectivity index (χ0n) is 10.8. The van der Waals surface area contributed by atoms with E-state index in [-0.39, 0.29) is 0 Å². The van der Waals surface area contributed by atoms with Crippen molar-refractivity contribution in [3.8, 4) is 0 Å². The molecule has 94 valence electrons. The third-order valence-corrected chi connectivity index (χ3v) is 2.87. The van der Waals surface area contributed by atoms with Crippen molar-refractivity contribution in [3.05, 3.63) is 0 Å². The summed E-state index contributed by atoms with van der Waals surface area (Å²) in [6.07, 6.45) is 4.49. The van der Waals surface area contributed by atoms with Crippen LogP contribution in [-0.2, 0) is 4.74 Å². The number of rotatable bonds is 2. The second kappa shape index (κ2) is 5.53. The molecule has 0 aromatic heterocycles. The van der Waals surface area contributed by atoms with Crippen LogP contribution in [0, 0.1) is 5.92 Å². The Kier molecular flexibility index (Phi) is 4.59. The van der Waals surface area contributed by atoms with E-state index in [2.05, 4.69) is 17.8 Å². The van der Waals surface area contributed by atoms with Gasteiger partial charge in [-0.2, -0.15) is 0 Å². The highest BCUT2D eigenvalue weighted by Gasteiger charge is 2.22. The molecule has 2 atom stereocenters. The van der Waals surface area contributed by atoms with Crippen LogP contribution in [0.15, 0.2) is 0 Å². The monoisotopic (exact) mass is 228 g/mol. The highest BCUT2D eigenvalue weighted by molar-refractivity contribution is 5.67. The molecule has 1 amide bonds. The van der Waals surface area contributed by atoms with Crippen molar-refractivity contribution in [2.45, 2.75) is 65.0 Å². The minimum Gasteiger partial charge on any atom is -0.443 e. The molecule has 1 aliphatic carbocycles. The normalized spacial score (nSPS) is 26.2. The molecule has 0 saturated heterocycles. The lowest BCUT2D eigenvalue weighted by molar-refractivity contribution is 0.0473. The standard InChI is InChI=1S/C12H24N2O2/c1-9-7-5-6-8-10(9)13-14-11(15)16-12(2,3)4/h9-10,13H,5-8H2,1-4H3,(H,14,15)/t9-,10-/m0/s1.